The standard InChI is InChI=1S/C14H18ClNO3S/c1-9(13(18)19-14(2,3)4)16-12(17)8-6-10-5-7-11(15)20-10/h5-9H,1-4H3,(H,16,17)/b8-6+/t9-/m1/s1. The number of carbonyl (C=O) groups is 2. The zero-order chi connectivity index (χ0) is 15.3. The highest BCUT2D eigenvalue weighted by Gasteiger charge is 2.22. The number of thiophene rings is 1. The van der Waals surface area contributed by atoms with Gasteiger partial charge in [-0.2, -0.15) is 0 Å². The number of esters is 1. The van der Waals surface area contributed by atoms with Gasteiger partial charge in [0.25, 0.3) is 0 Å². The number of amides is 1. The third-order valence-electron chi connectivity index (χ3n) is 2.11. The van der Waals surface area contributed by atoms with E-state index in [1.165, 1.54) is 17.4 Å². The summed E-state index contributed by atoms with van der Waals surface area (Å²) in [5, 5.41) is 2.55. The third kappa shape index (κ3) is 6.21. The van der Waals surface area contributed by atoms with Gasteiger partial charge < -0.3 is 10.1 Å². The minimum absolute atomic E-state index is 0.354. The molecule has 1 aromatic rings. The fourth-order valence-electron chi connectivity index (χ4n) is 1.29. The van der Waals surface area contributed by atoms with Crippen molar-refractivity contribution in [2.45, 2.75) is 39.3 Å². The number of hydrogen-bond acceptors (Lipinski definition) is 4. The van der Waals surface area contributed by atoms with E-state index in [-0.39, 0.29) is 5.91 Å². The second-order valence-corrected chi connectivity index (χ2v) is 6.99. The minimum Gasteiger partial charge on any atom is -0.458 e. The molecule has 1 heterocycles. The first-order chi connectivity index (χ1) is 9.17. The first kappa shape index (κ1) is 16.7. The van der Waals surface area contributed by atoms with Crippen molar-refractivity contribution in [1.82, 2.24) is 5.32 Å². The van der Waals surface area contributed by atoms with Gasteiger partial charge in [-0.05, 0) is 45.9 Å². The van der Waals surface area contributed by atoms with Crippen LogP contribution >= 0.6 is 22.9 Å². The maximum Gasteiger partial charge on any atom is 0.328 e. The Bertz CT molecular complexity index is 517. The van der Waals surface area contributed by atoms with E-state index in [1.807, 2.05) is 6.07 Å². The summed E-state index contributed by atoms with van der Waals surface area (Å²) in [6, 6.07) is 2.87. The van der Waals surface area contributed by atoms with Gasteiger partial charge in [-0.3, -0.25) is 4.79 Å². The number of hydrogen-bond donors (Lipinski definition) is 1. The summed E-state index contributed by atoms with van der Waals surface area (Å²) in [6.07, 6.45) is 3.01. The summed E-state index contributed by atoms with van der Waals surface area (Å²) >= 11 is 7.16. The van der Waals surface area contributed by atoms with Crippen LogP contribution in [0.2, 0.25) is 4.34 Å². The second-order valence-electron chi connectivity index (χ2n) is 5.24. The Morgan fingerprint density at radius 2 is 2.05 bits per heavy atom. The molecule has 0 aliphatic heterocycles. The molecule has 0 spiro atoms. The van der Waals surface area contributed by atoms with E-state index in [9.17, 15) is 9.59 Å². The Hall–Kier alpha value is -1.33. The molecule has 110 valence electrons. The lowest BCUT2D eigenvalue weighted by Crippen LogP contribution is -2.41. The van der Waals surface area contributed by atoms with E-state index in [4.69, 9.17) is 16.3 Å². The Kier molecular flexibility index (Phi) is 5.77. The second kappa shape index (κ2) is 6.90. The van der Waals surface area contributed by atoms with Crippen LogP contribution in [0, 0.1) is 0 Å². The summed E-state index contributed by atoms with van der Waals surface area (Å²) in [5.74, 6) is -0.814. The molecule has 1 rings (SSSR count). The Labute approximate surface area is 127 Å². The SMILES string of the molecule is C[C@@H](NC(=O)/C=C/c1ccc(Cl)s1)C(=O)OC(C)(C)C. The first-order valence-electron chi connectivity index (χ1n) is 6.14. The maximum atomic E-state index is 11.7. The molecule has 6 heteroatoms. The summed E-state index contributed by atoms with van der Waals surface area (Å²) in [6.45, 7) is 6.92. The summed E-state index contributed by atoms with van der Waals surface area (Å²) in [4.78, 5) is 24.2. The van der Waals surface area contributed by atoms with Crippen LogP contribution in [-0.4, -0.2) is 23.5 Å². The number of rotatable bonds is 4. The van der Waals surface area contributed by atoms with Crippen LogP contribution in [0.25, 0.3) is 6.08 Å². The summed E-state index contributed by atoms with van der Waals surface area (Å²) < 4.78 is 5.83. The predicted molar refractivity (Wildman–Crippen MR) is 81.8 cm³/mol. The monoisotopic (exact) mass is 315 g/mol. The van der Waals surface area contributed by atoms with Gasteiger partial charge in [-0.1, -0.05) is 11.6 Å². The van der Waals surface area contributed by atoms with Gasteiger partial charge in [0.1, 0.15) is 11.6 Å². The number of ether oxygens (including phenoxy) is 1. The first-order valence-corrected chi connectivity index (χ1v) is 7.33. The van der Waals surface area contributed by atoms with E-state index in [0.717, 1.165) is 4.88 Å². The lowest BCUT2D eigenvalue weighted by atomic mass is 10.2. The van der Waals surface area contributed by atoms with Crippen molar-refractivity contribution < 1.29 is 14.3 Å². The van der Waals surface area contributed by atoms with Crippen molar-refractivity contribution in [3.8, 4) is 0 Å². The average Bonchev–Trinajstić information content (AvgIpc) is 2.70. The smallest absolute Gasteiger partial charge is 0.328 e. The van der Waals surface area contributed by atoms with E-state index < -0.39 is 17.6 Å². The highest BCUT2D eigenvalue weighted by Crippen LogP contribution is 2.22. The molecule has 0 radical (unpaired) electrons. The van der Waals surface area contributed by atoms with Crippen LogP contribution in [0.3, 0.4) is 0 Å². The highest BCUT2D eigenvalue weighted by atomic mass is 35.5. The van der Waals surface area contributed by atoms with Crippen molar-refractivity contribution in [1.29, 1.82) is 0 Å². The predicted octanol–water partition coefficient (Wildman–Crippen LogP) is 3.26. The average molecular weight is 316 g/mol. The van der Waals surface area contributed by atoms with Crippen molar-refractivity contribution in [2.75, 3.05) is 0 Å². The van der Waals surface area contributed by atoms with E-state index in [1.54, 1.807) is 39.8 Å². The molecule has 0 saturated heterocycles. The van der Waals surface area contributed by atoms with Gasteiger partial charge in [0, 0.05) is 11.0 Å². The Balaban J connectivity index is 2.49. The van der Waals surface area contributed by atoms with Gasteiger partial charge >= 0.3 is 5.97 Å². The van der Waals surface area contributed by atoms with Crippen molar-refractivity contribution in [3.05, 3.63) is 27.4 Å². The van der Waals surface area contributed by atoms with Crippen LogP contribution in [0.5, 0.6) is 0 Å². The molecule has 1 N–H and O–H groups in total. The van der Waals surface area contributed by atoms with Gasteiger partial charge in [0.15, 0.2) is 0 Å². The van der Waals surface area contributed by atoms with Gasteiger partial charge in [0.2, 0.25) is 5.91 Å². The summed E-state index contributed by atoms with van der Waals surface area (Å²) in [7, 11) is 0. The van der Waals surface area contributed by atoms with Crippen LogP contribution in [0.15, 0.2) is 18.2 Å². The highest BCUT2D eigenvalue weighted by molar-refractivity contribution is 7.17. The molecule has 4 nitrogen and oxygen atoms in total. The van der Waals surface area contributed by atoms with Gasteiger partial charge in [0.05, 0.1) is 4.34 Å². The third-order valence-corrected chi connectivity index (χ3v) is 3.31. The van der Waals surface area contributed by atoms with Crippen LogP contribution in [-0.2, 0) is 14.3 Å². The van der Waals surface area contributed by atoms with Gasteiger partial charge in [-0.25, -0.2) is 4.79 Å². The fraction of sp³-hybridized carbons (Fsp3) is 0.429. The lowest BCUT2D eigenvalue weighted by Gasteiger charge is -2.22. The molecule has 0 aromatic carbocycles. The molecule has 1 atom stereocenters. The van der Waals surface area contributed by atoms with Crippen molar-refractivity contribution in [3.63, 3.8) is 0 Å². The molecule has 1 aromatic heterocycles. The van der Waals surface area contributed by atoms with Crippen LogP contribution < -0.4 is 5.32 Å². The Morgan fingerprint density at radius 1 is 1.40 bits per heavy atom. The lowest BCUT2D eigenvalue weighted by molar-refractivity contribution is -0.157. The number of halogens is 1. The Morgan fingerprint density at radius 3 is 2.55 bits per heavy atom. The van der Waals surface area contributed by atoms with Crippen LogP contribution in [0.4, 0.5) is 0 Å². The zero-order valence-electron chi connectivity index (χ0n) is 11.9. The molecular weight excluding hydrogens is 298 g/mol. The molecule has 0 aliphatic carbocycles. The van der Waals surface area contributed by atoms with Crippen molar-refractivity contribution in [2.24, 2.45) is 0 Å². The normalized spacial score (nSPS) is 13.2. The fourth-order valence-corrected chi connectivity index (χ4v) is 2.25. The van der Waals surface area contributed by atoms with E-state index in [2.05, 4.69) is 5.32 Å². The summed E-state index contributed by atoms with van der Waals surface area (Å²) in [5.41, 5.74) is -0.570. The largest absolute Gasteiger partial charge is 0.458 e. The van der Waals surface area contributed by atoms with Crippen LogP contribution in [0.1, 0.15) is 32.6 Å². The number of nitrogens with one attached hydrogen (secondary N) is 1. The molecule has 0 unspecified atom stereocenters. The van der Waals surface area contributed by atoms with Gasteiger partial charge in [-0.15, -0.1) is 11.3 Å². The zero-order valence-corrected chi connectivity index (χ0v) is 13.5. The topological polar surface area (TPSA) is 55.4 Å². The number of carbonyl (C=O) groups excluding carboxylic acids is 2. The molecule has 0 bridgehead atoms. The maximum absolute atomic E-state index is 11.7. The quantitative estimate of drug-likeness (QED) is 0.685. The minimum atomic E-state index is -0.696. The molecule has 0 aliphatic rings. The molecule has 0 fully saturated rings. The van der Waals surface area contributed by atoms with E-state index >= 15 is 0 Å². The molecule has 1 amide bonds. The van der Waals surface area contributed by atoms with E-state index in [0.29, 0.717) is 4.34 Å². The van der Waals surface area contributed by atoms with Crippen molar-refractivity contribution >= 4 is 40.9 Å². The molecule has 20 heavy (non-hydrogen) atoms. The molecular formula is C14H18ClNO3S. The molecule has 0 saturated carbocycles.